The second-order valence-corrected chi connectivity index (χ2v) is 6.62. The number of rotatable bonds is 12. The maximum absolute atomic E-state index is 5.79. The molecule has 2 aromatic carbocycles. The molecular weight excluding hydrogens is 446 g/mol. The summed E-state index contributed by atoms with van der Waals surface area (Å²) < 4.78 is 36.4. The minimum absolute atomic E-state index is 0.0251. The van der Waals surface area contributed by atoms with Gasteiger partial charge in [0.2, 0.25) is 12.5 Å². The zero-order valence-electron chi connectivity index (χ0n) is 19.3. The molecule has 0 aromatic heterocycles. The molecule has 8 heteroatoms. The molecule has 0 fully saturated rings. The van der Waals surface area contributed by atoms with Crippen LogP contribution in [0.5, 0.6) is 28.7 Å². The Morgan fingerprint density at radius 3 is 2.06 bits per heavy atom. The Hall–Kier alpha value is -3.58. The number of hydrogen-bond acceptors (Lipinski definition) is 7. The molecule has 0 aliphatic carbocycles. The molecule has 0 atom stereocenters. The van der Waals surface area contributed by atoms with Crippen LogP contribution >= 0.6 is 11.8 Å². The average Bonchev–Trinajstić information content (AvgIpc) is 2.85. The molecule has 0 saturated heterocycles. The number of methoxy groups -OCH3 is 4. The van der Waals surface area contributed by atoms with E-state index >= 15 is 0 Å². The quantitative estimate of drug-likeness (QED) is 0.125. The summed E-state index contributed by atoms with van der Waals surface area (Å²) in [5, 5.41) is 0. The minimum Gasteiger partial charge on any atom is -0.493 e. The van der Waals surface area contributed by atoms with Crippen molar-refractivity contribution in [3.63, 3.8) is 0 Å². The predicted molar refractivity (Wildman–Crippen MR) is 132 cm³/mol. The van der Waals surface area contributed by atoms with E-state index in [-0.39, 0.29) is 6.79 Å². The van der Waals surface area contributed by atoms with Gasteiger partial charge in [-0.05, 0) is 54.5 Å². The molecule has 33 heavy (non-hydrogen) atoms. The van der Waals surface area contributed by atoms with Gasteiger partial charge in [0.05, 0.1) is 28.4 Å². The highest BCUT2D eigenvalue weighted by atomic mass is 35.5. The average molecular weight is 474 g/mol. The Labute approximate surface area is 199 Å². The van der Waals surface area contributed by atoms with Crippen molar-refractivity contribution >= 4 is 30.1 Å². The van der Waals surface area contributed by atoms with E-state index < -0.39 is 0 Å². The van der Waals surface area contributed by atoms with Crippen LogP contribution in [-0.2, 0) is 4.74 Å². The Balaban J connectivity index is 2.21. The third-order valence-electron chi connectivity index (χ3n) is 4.41. The van der Waals surface area contributed by atoms with Crippen molar-refractivity contribution in [3.8, 4) is 28.7 Å². The molecule has 0 heterocycles. The molecular formula is C25H28ClNO6. The molecule has 0 bridgehead atoms. The lowest BCUT2D eigenvalue weighted by Gasteiger charge is -2.13. The summed E-state index contributed by atoms with van der Waals surface area (Å²) in [6.45, 7) is 1.85. The van der Waals surface area contributed by atoms with Crippen LogP contribution in [0.2, 0.25) is 0 Å². The second kappa shape index (κ2) is 13.8. The topological polar surface area (TPSA) is 67.7 Å². The van der Waals surface area contributed by atoms with Gasteiger partial charge in [-0.2, -0.15) is 4.51 Å². The molecule has 0 radical (unpaired) electrons. The Morgan fingerprint density at radius 2 is 1.48 bits per heavy atom. The van der Waals surface area contributed by atoms with E-state index in [1.54, 1.807) is 40.6 Å². The number of ether oxygens (including phenoxy) is 6. The van der Waals surface area contributed by atoms with Gasteiger partial charge in [0, 0.05) is 18.0 Å². The first-order chi connectivity index (χ1) is 16.1. The first-order valence-electron chi connectivity index (χ1n) is 9.99. The van der Waals surface area contributed by atoms with Gasteiger partial charge in [-0.3, -0.25) is 0 Å². The summed E-state index contributed by atoms with van der Waals surface area (Å²) in [7, 11) is 6.32. The highest BCUT2D eigenvalue weighted by Crippen LogP contribution is 2.38. The maximum atomic E-state index is 5.79. The fraction of sp³-hybridized carbons (Fsp3) is 0.240. The zero-order valence-corrected chi connectivity index (χ0v) is 20.1. The summed E-state index contributed by atoms with van der Waals surface area (Å²) in [5.74, 6) is 3.38. The van der Waals surface area contributed by atoms with Crippen LogP contribution in [0.15, 0.2) is 58.8 Å². The van der Waals surface area contributed by atoms with Crippen molar-refractivity contribution in [1.82, 2.24) is 0 Å². The molecule has 2 rings (SSSR count). The summed E-state index contributed by atoms with van der Waals surface area (Å²) in [5.41, 5.74) is 1.78. The third-order valence-corrected chi connectivity index (χ3v) is 4.52. The lowest BCUT2D eigenvalue weighted by Crippen LogP contribution is -2.03. The Bertz CT molecular complexity index is 1000. The van der Waals surface area contributed by atoms with E-state index in [4.69, 9.17) is 40.2 Å². The van der Waals surface area contributed by atoms with Gasteiger partial charge in [-0.25, -0.2) is 0 Å². The molecule has 0 spiro atoms. The minimum atomic E-state index is -0.0251. The van der Waals surface area contributed by atoms with Crippen molar-refractivity contribution in [2.45, 2.75) is 6.92 Å². The van der Waals surface area contributed by atoms with Crippen LogP contribution in [0.25, 0.3) is 12.2 Å². The standard InChI is InChI=1S/C25H28ClNO6/c1-6-7-20(12-13-27-26)32-17-33-22-14-18(10-11-21(22)28-2)8-9-19-15-23(29-3)25(31-5)24(16-19)30-4/h6-16H,17H2,1-5H3/b7-6-,9-8-,20-12+,27-13?. The zero-order chi connectivity index (χ0) is 24.1. The number of allylic oxidation sites excluding steroid dienone is 3. The van der Waals surface area contributed by atoms with E-state index in [1.807, 2.05) is 55.5 Å². The van der Waals surface area contributed by atoms with E-state index in [0.29, 0.717) is 34.5 Å². The van der Waals surface area contributed by atoms with Gasteiger partial charge >= 0.3 is 0 Å². The smallest absolute Gasteiger partial charge is 0.231 e. The lowest BCUT2D eigenvalue weighted by molar-refractivity contribution is 0.0651. The summed E-state index contributed by atoms with van der Waals surface area (Å²) in [6, 6.07) is 9.34. The molecule has 0 aliphatic rings. The predicted octanol–water partition coefficient (Wildman–Crippen LogP) is 5.93. The van der Waals surface area contributed by atoms with Crippen molar-refractivity contribution < 1.29 is 28.4 Å². The molecule has 0 amide bonds. The van der Waals surface area contributed by atoms with Crippen molar-refractivity contribution in [3.05, 3.63) is 65.4 Å². The Kier molecular flexibility index (Phi) is 10.7. The van der Waals surface area contributed by atoms with E-state index in [2.05, 4.69) is 4.51 Å². The maximum Gasteiger partial charge on any atom is 0.231 e. The molecule has 0 unspecified atom stereocenters. The number of benzene rings is 2. The fourth-order valence-corrected chi connectivity index (χ4v) is 2.93. The molecule has 176 valence electrons. The largest absolute Gasteiger partial charge is 0.493 e. The van der Waals surface area contributed by atoms with Crippen LogP contribution in [0, 0.1) is 0 Å². The van der Waals surface area contributed by atoms with E-state index in [9.17, 15) is 0 Å². The fourth-order valence-electron chi connectivity index (χ4n) is 2.88. The summed E-state index contributed by atoms with van der Waals surface area (Å²) in [6.07, 6.45) is 10.5. The normalized spacial score (nSPS) is 11.9. The van der Waals surface area contributed by atoms with Crippen LogP contribution < -0.4 is 23.7 Å². The second-order valence-electron chi connectivity index (χ2n) is 6.42. The van der Waals surface area contributed by atoms with Crippen molar-refractivity contribution in [2.75, 3.05) is 35.2 Å². The van der Waals surface area contributed by atoms with Gasteiger partial charge < -0.3 is 28.4 Å². The number of halogens is 1. The van der Waals surface area contributed by atoms with Gasteiger partial charge in [0.15, 0.2) is 23.0 Å². The lowest BCUT2D eigenvalue weighted by atomic mass is 10.1. The van der Waals surface area contributed by atoms with E-state index in [0.717, 1.165) is 11.1 Å². The first kappa shape index (κ1) is 25.7. The molecule has 0 N–H and O–H groups in total. The van der Waals surface area contributed by atoms with Crippen molar-refractivity contribution in [1.29, 1.82) is 0 Å². The Morgan fingerprint density at radius 1 is 0.848 bits per heavy atom. The number of hydrogen-bond donors (Lipinski definition) is 0. The molecule has 7 nitrogen and oxygen atoms in total. The van der Waals surface area contributed by atoms with E-state index in [1.165, 1.54) is 6.21 Å². The van der Waals surface area contributed by atoms with Gasteiger partial charge in [0.25, 0.3) is 0 Å². The molecule has 0 aliphatic heterocycles. The highest BCUT2D eigenvalue weighted by Gasteiger charge is 2.12. The first-order valence-corrected chi connectivity index (χ1v) is 10.3. The summed E-state index contributed by atoms with van der Waals surface area (Å²) >= 11 is 5.33. The third kappa shape index (κ3) is 7.50. The number of nitrogens with zero attached hydrogens (tertiary/aromatic N) is 1. The molecule has 2 aromatic rings. The van der Waals surface area contributed by atoms with Gasteiger partial charge in [-0.15, -0.1) is 0 Å². The monoisotopic (exact) mass is 473 g/mol. The van der Waals surface area contributed by atoms with Crippen LogP contribution in [0.4, 0.5) is 0 Å². The van der Waals surface area contributed by atoms with Gasteiger partial charge in [-0.1, -0.05) is 24.3 Å². The van der Waals surface area contributed by atoms with Crippen LogP contribution in [0.3, 0.4) is 0 Å². The van der Waals surface area contributed by atoms with Crippen LogP contribution in [-0.4, -0.2) is 41.4 Å². The van der Waals surface area contributed by atoms with Crippen molar-refractivity contribution in [2.24, 2.45) is 4.51 Å². The van der Waals surface area contributed by atoms with Gasteiger partial charge in [0.1, 0.15) is 5.76 Å². The summed E-state index contributed by atoms with van der Waals surface area (Å²) in [4.78, 5) is 0. The SMILES string of the molecule is C/C=C\C(=C/C=NCl)OCOc1cc(/C=C\c2cc(OC)c(OC)c(OC)c2)ccc1OC. The highest BCUT2D eigenvalue weighted by molar-refractivity contribution is 6.18. The van der Waals surface area contributed by atoms with Crippen LogP contribution in [0.1, 0.15) is 18.1 Å². The molecule has 0 saturated carbocycles.